The molecule has 0 N–H and O–H groups in total. The van der Waals surface area contributed by atoms with E-state index in [0.29, 0.717) is 22.1 Å². The van der Waals surface area contributed by atoms with Crippen LogP contribution in [0.5, 0.6) is 11.5 Å². The Bertz CT molecular complexity index is 560. The third-order valence-corrected chi connectivity index (χ3v) is 2.57. The molecule has 0 spiro atoms. The first kappa shape index (κ1) is 14.9. The lowest BCUT2D eigenvalue weighted by Gasteiger charge is -2.10. The average molecular weight is 282 g/mol. The summed E-state index contributed by atoms with van der Waals surface area (Å²) in [4.78, 5) is 11.3. The fraction of sp³-hybridized carbons (Fsp3) is 0.231. The molecule has 0 amide bonds. The van der Waals surface area contributed by atoms with Gasteiger partial charge in [0, 0.05) is 0 Å². The molecule has 19 heavy (non-hydrogen) atoms. The first-order valence-electron chi connectivity index (χ1n) is 5.19. The summed E-state index contributed by atoms with van der Waals surface area (Å²) in [5.41, 5.74) is 0.399. The van der Waals surface area contributed by atoms with Crippen molar-refractivity contribution in [2.24, 2.45) is 0 Å². The Balaban J connectivity index is 3.30. The standard InChI is InChI=1S/C13H12ClNO4/c1-17-11-6-8(5-10(14)12(11)18-2)4-9(7-15)13(16)19-3/h4-6H,1-3H3/b9-4+. The van der Waals surface area contributed by atoms with Crippen LogP contribution in [0.25, 0.3) is 6.08 Å². The molecule has 0 bridgehead atoms. The molecule has 0 saturated heterocycles. The molecule has 5 nitrogen and oxygen atoms in total. The summed E-state index contributed by atoms with van der Waals surface area (Å²) in [7, 11) is 4.14. The lowest BCUT2D eigenvalue weighted by molar-refractivity contribution is -0.135. The van der Waals surface area contributed by atoms with Gasteiger partial charge in [0.2, 0.25) is 0 Å². The van der Waals surface area contributed by atoms with Gasteiger partial charge in [-0.3, -0.25) is 0 Å². The van der Waals surface area contributed by atoms with Crippen LogP contribution in [0.4, 0.5) is 0 Å². The van der Waals surface area contributed by atoms with Gasteiger partial charge in [0.1, 0.15) is 11.6 Å². The molecule has 0 saturated carbocycles. The predicted molar refractivity (Wildman–Crippen MR) is 70.2 cm³/mol. The summed E-state index contributed by atoms with van der Waals surface area (Å²) >= 11 is 6.02. The smallest absolute Gasteiger partial charge is 0.348 e. The number of methoxy groups -OCH3 is 3. The molecule has 0 aromatic heterocycles. The van der Waals surface area contributed by atoms with Gasteiger partial charge in [-0.1, -0.05) is 11.6 Å². The second kappa shape index (κ2) is 6.66. The number of nitriles is 1. The van der Waals surface area contributed by atoms with E-state index >= 15 is 0 Å². The van der Waals surface area contributed by atoms with E-state index in [9.17, 15) is 4.79 Å². The van der Waals surface area contributed by atoms with Gasteiger partial charge < -0.3 is 14.2 Å². The number of halogens is 1. The summed E-state index contributed by atoms with van der Waals surface area (Å²) in [6, 6.07) is 4.92. The van der Waals surface area contributed by atoms with Crippen molar-refractivity contribution < 1.29 is 19.0 Å². The van der Waals surface area contributed by atoms with Crippen LogP contribution in [0.1, 0.15) is 5.56 Å². The van der Waals surface area contributed by atoms with Crippen LogP contribution in [0.3, 0.4) is 0 Å². The topological polar surface area (TPSA) is 68.6 Å². The summed E-state index contributed by atoms with van der Waals surface area (Å²) in [5.74, 6) is 0.0784. The molecule has 0 heterocycles. The third-order valence-electron chi connectivity index (χ3n) is 2.29. The Hall–Kier alpha value is -2.19. The van der Waals surface area contributed by atoms with Gasteiger partial charge in [0.15, 0.2) is 11.5 Å². The van der Waals surface area contributed by atoms with Crippen LogP contribution in [-0.4, -0.2) is 27.3 Å². The second-order valence-corrected chi connectivity index (χ2v) is 3.81. The van der Waals surface area contributed by atoms with Crippen molar-refractivity contribution in [2.45, 2.75) is 0 Å². The second-order valence-electron chi connectivity index (χ2n) is 3.40. The molecule has 0 fully saturated rings. The van der Waals surface area contributed by atoms with E-state index in [-0.39, 0.29) is 5.57 Å². The quantitative estimate of drug-likeness (QED) is 0.482. The van der Waals surface area contributed by atoms with Crippen LogP contribution in [0.2, 0.25) is 5.02 Å². The number of esters is 1. The number of carbonyl (C=O) groups is 1. The summed E-state index contributed by atoms with van der Waals surface area (Å²) < 4.78 is 14.7. The first-order chi connectivity index (χ1) is 9.07. The molecular formula is C13H12ClNO4. The number of ether oxygens (including phenoxy) is 3. The van der Waals surface area contributed by atoms with Gasteiger partial charge in [-0.2, -0.15) is 5.26 Å². The van der Waals surface area contributed by atoms with E-state index in [4.69, 9.17) is 26.3 Å². The van der Waals surface area contributed by atoms with Gasteiger partial charge in [0.05, 0.1) is 26.4 Å². The maximum absolute atomic E-state index is 11.3. The molecule has 0 aliphatic rings. The van der Waals surface area contributed by atoms with Gasteiger partial charge in [0.25, 0.3) is 0 Å². The molecule has 1 aromatic rings. The Morgan fingerprint density at radius 3 is 2.47 bits per heavy atom. The van der Waals surface area contributed by atoms with Crippen LogP contribution in [-0.2, 0) is 9.53 Å². The Morgan fingerprint density at radius 1 is 1.32 bits per heavy atom. The highest BCUT2D eigenvalue weighted by molar-refractivity contribution is 6.32. The minimum Gasteiger partial charge on any atom is -0.493 e. The van der Waals surface area contributed by atoms with Crippen molar-refractivity contribution >= 4 is 23.6 Å². The molecule has 100 valence electrons. The van der Waals surface area contributed by atoms with E-state index in [0.717, 1.165) is 0 Å². The highest BCUT2D eigenvalue weighted by Gasteiger charge is 2.13. The first-order valence-corrected chi connectivity index (χ1v) is 5.56. The highest BCUT2D eigenvalue weighted by atomic mass is 35.5. The maximum atomic E-state index is 11.3. The van der Waals surface area contributed by atoms with Crippen LogP contribution in [0.15, 0.2) is 17.7 Å². The SMILES string of the molecule is COC(=O)/C(C#N)=C/c1cc(Cl)c(OC)c(OC)c1. The minimum absolute atomic E-state index is 0.134. The summed E-state index contributed by atoms with van der Waals surface area (Å²) in [6.07, 6.45) is 1.36. The Morgan fingerprint density at radius 2 is 2.00 bits per heavy atom. The van der Waals surface area contributed by atoms with Crippen molar-refractivity contribution in [1.82, 2.24) is 0 Å². The largest absolute Gasteiger partial charge is 0.493 e. The summed E-state index contributed by atoms with van der Waals surface area (Å²) in [6.45, 7) is 0. The molecule has 0 aliphatic carbocycles. The normalized spacial score (nSPS) is 10.6. The maximum Gasteiger partial charge on any atom is 0.348 e. The van der Waals surface area contributed by atoms with Crippen molar-refractivity contribution in [3.05, 3.63) is 28.3 Å². The minimum atomic E-state index is -0.714. The number of nitrogens with zero attached hydrogens (tertiary/aromatic N) is 1. The molecule has 6 heteroatoms. The van der Waals surface area contributed by atoms with E-state index in [1.54, 1.807) is 18.2 Å². The van der Waals surface area contributed by atoms with Gasteiger partial charge in [-0.05, 0) is 23.8 Å². The lowest BCUT2D eigenvalue weighted by Crippen LogP contribution is -2.02. The van der Waals surface area contributed by atoms with Gasteiger partial charge in [-0.15, -0.1) is 0 Å². The zero-order valence-corrected chi connectivity index (χ0v) is 11.4. The number of hydrogen-bond donors (Lipinski definition) is 0. The lowest BCUT2D eigenvalue weighted by atomic mass is 10.1. The molecule has 1 aromatic carbocycles. The molecular weight excluding hydrogens is 270 g/mol. The number of carbonyl (C=O) groups excluding carboxylic acids is 1. The number of benzene rings is 1. The number of rotatable bonds is 4. The van der Waals surface area contributed by atoms with E-state index in [1.807, 2.05) is 0 Å². The van der Waals surface area contributed by atoms with E-state index in [1.165, 1.54) is 27.4 Å². The van der Waals surface area contributed by atoms with Crippen molar-refractivity contribution in [3.63, 3.8) is 0 Å². The van der Waals surface area contributed by atoms with E-state index < -0.39 is 5.97 Å². The Labute approximate surface area is 115 Å². The fourth-order valence-electron chi connectivity index (χ4n) is 1.43. The van der Waals surface area contributed by atoms with Crippen LogP contribution < -0.4 is 9.47 Å². The molecule has 0 atom stereocenters. The third kappa shape index (κ3) is 3.39. The van der Waals surface area contributed by atoms with Gasteiger partial charge in [-0.25, -0.2) is 4.79 Å². The number of hydrogen-bond acceptors (Lipinski definition) is 5. The monoisotopic (exact) mass is 281 g/mol. The predicted octanol–water partition coefficient (Wildman–Crippen LogP) is 2.44. The molecule has 0 unspecified atom stereocenters. The Kier molecular flexibility index (Phi) is 5.22. The van der Waals surface area contributed by atoms with Crippen molar-refractivity contribution in [3.8, 4) is 17.6 Å². The van der Waals surface area contributed by atoms with E-state index in [2.05, 4.69) is 4.74 Å². The van der Waals surface area contributed by atoms with Crippen LogP contribution >= 0.6 is 11.6 Å². The van der Waals surface area contributed by atoms with Crippen molar-refractivity contribution in [1.29, 1.82) is 5.26 Å². The summed E-state index contributed by atoms with van der Waals surface area (Å²) in [5, 5.41) is 9.19. The molecule has 0 radical (unpaired) electrons. The molecule has 1 rings (SSSR count). The highest BCUT2D eigenvalue weighted by Crippen LogP contribution is 2.36. The fourth-order valence-corrected chi connectivity index (χ4v) is 1.73. The average Bonchev–Trinajstić information content (AvgIpc) is 2.43. The van der Waals surface area contributed by atoms with Gasteiger partial charge >= 0.3 is 5.97 Å². The zero-order valence-electron chi connectivity index (χ0n) is 10.7. The molecule has 0 aliphatic heterocycles. The van der Waals surface area contributed by atoms with Crippen LogP contribution in [0, 0.1) is 11.3 Å². The van der Waals surface area contributed by atoms with Crippen molar-refractivity contribution in [2.75, 3.05) is 21.3 Å². The zero-order chi connectivity index (χ0) is 14.4.